The molecule has 1 aromatic rings. The van der Waals surface area contributed by atoms with Gasteiger partial charge in [0.05, 0.1) is 7.11 Å². The molecule has 5 heteroatoms. The quantitative estimate of drug-likeness (QED) is 0.923. The fourth-order valence-corrected chi connectivity index (χ4v) is 1.56. The van der Waals surface area contributed by atoms with E-state index in [0.29, 0.717) is 16.0 Å². The number of ether oxygens (including phenoxy) is 2. The highest BCUT2D eigenvalue weighted by Gasteiger charge is 2.28. The number of methoxy groups -OCH3 is 1. The van der Waals surface area contributed by atoms with E-state index in [2.05, 4.69) is 15.9 Å². The van der Waals surface area contributed by atoms with E-state index in [-0.39, 0.29) is 0 Å². The number of carbonyl (C=O) groups is 1. The van der Waals surface area contributed by atoms with Gasteiger partial charge in [0.25, 0.3) is 5.91 Å². The summed E-state index contributed by atoms with van der Waals surface area (Å²) in [5.41, 5.74) is 4.17. The van der Waals surface area contributed by atoms with Crippen molar-refractivity contribution in [3.05, 3.63) is 22.7 Å². The number of nitrogens with two attached hydrogens (primary N) is 1. The molecular formula is C11H14BrNO3. The van der Waals surface area contributed by atoms with Crippen molar-refractivity contribution in [1.82, 2.24) is 0 Å². The van der Waals surface area contributed by atoms with Gasteiger partial charge in [0, 0.05) is 0 Å². The Morgan fingerprint density at radius 1 is 1.38 bits per heavy atom. The normalized spacial score (nSPS) is 11.0. The van der Waals surface area contributed by atoms with Crippen LogP contribution in [0.15, 0.2) is 22.7 Å². The maximum Gasteiger partial charge on any atom is 0.261 e. The maximum absolute atomic E-state index is 11.1. The summed E-state index contributed by atoms with van der Waals surface area (Å²) in [5, 5.41) is 0. The van der Waals surface area contributed by atoms with Crippen LogP contribution < -0.4 is 15.2 Å². The zero-order valence-corrected chi connectivity index (χ0v) is 11.0. The molecule has 88 valence electrons. The Morgan fingerprint density at radius 2 is 1.94 bits per heavy atom. The highest BCUT2D eigenvalue weighted by molar-refractivity contribution is 9.10. The van der Waals surface area contributed by atoms with Crippen LogP contribution >= 0.6 is 15.9 Å². The molecule has 0 saturated heterocycles. The molecule has 0 radical (unpaired) electrons. The second-order valence-corrected chi connectivity index (χ2v) is 4.54. The second-order valence-electron chi connectivity index (χ2n) is 3.75. The summed E-state index contributed by atoms with van der Waals surface area (Å²) in [6, 6.07) is 5.29. The number of carbonyl (C=O) groups excluding carboxylic acids is 1. The monoisotopic (exact) mass is 287 g/mol. The predicted molar refractivity (Wildman–Crippen MR) is 64.6 cm³/mol. The van der Waals surface area contributed by atoms with Crippen LogP contribution in [-0.2, 0) is 4.79 Å². The first-order valence-electron chi connectivity index (χ1n) is 4.70. The molecule has 2 N–H and O–H groups in total. The van der Waals surface area contributed by atoms with Gasteiger partial charge in [0.2, 0.25) is 0 Å². The average Bonchev–Trinajstić information content (AvgIpc) is 2.20. The first-order valence-corrected chi connectivity index (χ1v) is 5.49. The third kappa shape index (κ3) is 2.66. The number of hydrogen-bond acceptors (Lipinski definition) is 3. The van der Waals surface area contributed by atoms with Gasteiger partial charge in [-0.1, -0.05) is 6.07 Å². The maximum atomic E-state index is 11.1. The van der Waals surface area contributed by atoms with Gasteiger partial charge in [0.1, 0.15) is 16.0 Å². The van der Waals surface area contributed by atoms with Crippen molar-refractivity contribution in [2.75, 3.05) is 7.11 Å². The molecule has 0 fully saturated rings. The summed E-state index contributed by atoms with van der Waals surface area (Å²) in [6.45, 7) is 3.22. The smallest absolute Gasteiger partial charge is 0.261 e. The zero-order valence-electron chi connectivity index (χ0n) is 9.41. The van der Waals surface area contributed by atoms with E-state index >= 15 is 0 Å². The number of amides is 1. The number of benzene rings is 1. The molecule has 0 aromatic heterocycles. The lowest BCUT2D eigenvalue weighted by Gasteiger charge is -2.23. The summed E-state index contributed by atoms with van der Waals surface area (Å²) >= 11 is 3.34. The SMILES string of the molecule is COc1cccc(OC(C)(C)C(N)=O)c1Br. The fraction of sp³-hybridized carbons (Fsp3) is 0.364. The third-order valence-corrected chi connectivity index (χ3v) is 2.89. The summed E-state index contributed by atoms with van der Waals surface area (Å²) in [7, 11) is 1.56. The van der Waals surface area contributed by atoms with Crippen LogP contribution in [0.3, 0.4) is 0 Å². The van der Waals surface area contributed by atoms with Crippen molar-refractivity contribution in [2.24, 2.45) is 5.73 Å². The molecule has 0 atom stereocenters. The van der Waals surface area contributed by atoms with E-state index in [4.69, 9.17) is 15.2 Å². The number of hydrogen-bond donors (Lipinski definition) is 1. The Morgan fingerprint density at radius 3 is 2.44 bits per heavy atom. The van der Waals surface area contributed by atoms with Gasteiger partial charge < -0.3 is 15.2 Å². The Balaban J connectivity index is 3.02. The van der Waals surface area contributed by atoms with E-state index in [1.807, 2.05) is 0 Å². The first kappa shape index (κ1) is 12.8. The molecule has 16 heavy (non-hydrogen) atoms. The molecule has 1 amide bonds. The van der Waals surface area contributed by atoms with Crippen LogP contribution in [-0.4, -0.2) is 18.6 Å². The highest BCUT2D eigenvalue weighted by Crippen LogP contribution is 2.35. The van der Waals surface area contributed by atoms with Gasteiger partial charge in [-0.05, 0) is 41.9 Å². The molecule has 1 rings (SSSR count). The minimum absolute atomic E-state index is 0.517. The van der Waals surface area contributed by atoms with E-state index in [1.165, 1.54) is 0 Å². The Hall–Kier alpha value is -1.23. The van der Waals surface area contributed by atoms with Crippen LogP contribution in [0.1, 0.15) is 13.8 Å². The molecule has 0 aliphatic carbocycles. The van der Waals surface area contributed by atoms with Gasteiger partial charge in [0.15, 0.2) is 5.60 Å². The number of primary amides is 1. The summed E-state index contributed by atoms with van der Waals surface area (Å²) < 4.78 is 11.3. The van der Waals surface area contributed by atoms with E-state index in [0.717, 1.165) is 0 Å². The molecule has 0 spiro atoms. The van der Waals surface area contributed by atoms with Gasteiger partial charge in [-0.25, -0.2) is 0 Å². The Labute approximate surface area is 103 Å². The van der Waals surface area contributed by atoms with Gasteiger partial charge in [-0.15, -0.1) is 0 Å². The molecule has 0 aliphatic rings. The van der Waals surface area contributed by atoms with E-state index in [9.17, 15) is 4.79 Å². The molecular weight excluding hydrogens is 274 g/mol. The standard InChI is InChI=1S/C11H14BrNO3/c1-11(2,10(13)14)16-8-6-4-5-7(15-3)9(8)12/h4-6H,1-3H3,(H2,13,14). The van der Waals surface area contributed by atoms with Crippen molar-refractivity contribution in [3.8, 4) is 11.5 Å². The summed E-state index contributed by atoms with van der Waals surface area (Å²) in [4.78, 5) is 11.1. The van der Waals surface area contributed by atoms with Gasteiger partial charge in [-0.3, -0.25) is 4.79 Å². The lowest BCUT2D eigenvalue weighted by atomic mass is 10.1. The fourth-order valence-electron chi connectivity index (χ4n) is 1.05. The average molecular weight is 288 g/mol. The molecule has 0 heterocycles. The molecule has 1 aromatic carbocycles. The third-order valence-electron chi connectivity index (χ3n) is 2.11. The van der Waals surface area contributed by atoms with Crippen molar-refractivity contribution >= 4 is 21.8 Å². The van der Waals surface area contributed by atoms with Crippen LogP contribution in [0.25, 0.3) is 0 Å². The Bertz CT molecular complexity index is 404. The zero-order chi connectivity index (χ0) is 12.3. The van der Waals surface area contributed by atoms with Crippen LogP contribution in [0.2, 0.25) is 0 Å². The Kier molecular flexibility index (Phi) is 3.80. The lowest BCUT2D eigenvalue weighted by molar-refractivity contribution is -0.130. The minimum atomic E-state index is -1.06. The predicted octanol–water partition coefficient (Wildman–Crippen LogP) is 2.10. The molecule has 0 aliphatic heterocycles. The molecule has 4 nitrogen and oxygen atoms in total. The highest BCUT2D eigenvalue weighted by atomic mass is 79.9. The minimum Gasteiger partial charge on any atom is -0.495 e. The van der Waals surface area contributed by atoms with Crippen molar-refractivity contribution in [3.63, 3.8) is 0 Å². The van der Waals surface area contributed by atoms with E-state index in [1.54, 1.807) is 39.2 Å². The van der Waals surface area contributed by atoms with Crippen LogP contribution in [0.4, 0.5) is 0 Å². The molecule has 0 unspecified atom stereocenters. The van der Waals surface area contributed by atoms with Gasteiger partial charge >= 0.3 is 0 Å². The van der Waals surface area contributed by atoms with Crippen molar-refractivity contribution in [2.45, 2.75) is 19.4 Å². The summed E-state index contributed by atoms with van der Waals surface area (Å²) in [5.74, 6) is 0.628. The van der Waals surface area contributed by atoms with Gasteiger partial charge in [-0.2, -0.15) is 0 Å². The second kappa shape index (κ2) is 4.74. The topological polar surface area (TPSA) is 61.6 Å². The van der Waals surface area contributed by atoms with Crippen LogP contribution in [0, 0.1) is 0 Å². The number of halogens is 1. The van der Waals surface area contributed by atoms with E-state index < -0.39 is 11.5 Å². The van der Waals surface area contributed by atoms with Crippen molar-refractivity contribution in [1.29, 1.82) is 0 Å². The largest absolute Gasteiger partial charge is 0.495 e. The molecule has 0 bridgehead atoms. The lowest BCUT2D eigenvalue weighted by Crippen LogP contribution is -2.43. The van der Waals surface area contributed by atoms with Crippen molar-refractivity contribution < 1.29 is 14.3 Å². The first-order chi connectivity index (χ1) is 7.38. The molecule has 0 saturated carbocycles. The summed E-state index contributed by atoms with van der Waals surface area (Å²) in [6.07, 6.45) is 0. The number of rotatable bonds is 4. The van der Waals surface area contributed by atoms with Crippen LogP contribution in [0.5, 0.6) is 11.5 Å².